The first-order valence-corrected chi connectivity index (χ1v) is 11.0. The van der Waals surface area contributed by atoms with Gasteiger partial charge in [-0.3, -0.25) is 4.79 Å². The SMILES string of the molecule is CCCC(=O)O[C@@H](C)C(=O)O[C@H](C)C(=O)O[C@H](C)C(=O)O[C@H](C)C(=O)O[C@H](C)C(=O)O[C@H](C)C(=O)O. The van der Waals surface area contributed by atoms with Gasteiger partial charge < -0.3 is 33.5 Å². The zero-order chi connectivity index (χ0) is 28.2. The average Bonchev–Trinajstić information content (AvgIpc) is 2.78. The van der Waals surface area contributed by atoms with Crippen molar-refractivity contribution >= 4 is 41.8 Å². The number of esters is 6. The van der Waals surface area contributed by atoms with Crippen LogP contribution >= 0.6 is 0 Å². The highest BCUT2D eigenvalue weighted by Crippen LogP contribution is 2.08. The molecular formula is C22H32O14. The van der Waals surface area contributed by atoms with Crippen LogP contribution in [-0.4, -0.2) is 83.5 Å². The van der Waals surface area contributed by atoms with E-state index in [4.69, 9.17) is 28.8 Å². The standard InChI is InChI=1S/C22H32O14/c1-8-9-16(23)31-11(3)18(26)33-13(5)20(28)35-15(7)22(30)36-14(6)21(29)34-12(4)19(27)32-10(2)17(24)25/h10-15H,8-9H2,1-7H3,(H,24,25)/t10-,11+,12-,13-,14-,15-/m1/s1. The molecule has 0 unspecified atom stereocenters. The molecule has 0 rings (SSSR count). The van der Waals surface area contributed by atoms with Gasteiger partial charge in [0.15, 0.2) is 36.6 Å². The topological polar surface area (TPSA) is 195 Å². The van der Waals surface area contributed by atoms with Crippen molar-refractivity contribution in [1.82, 2.24) is 0 Å². The Labute approximate surface area is 207 Å². The molecule has 204 valence electrons. The number of aliphatic carboxylic acids is 1. The molecule has 0 saturated carbocycles. The van der Waals surface area contributed by atoms with E-state index in [2.05, 4.69) is 4.74 Å². The number of carbonyl (C=O) groups is 7. The highest BCUT2D eigenvalue weighted by Gasteiger charge is 2.31. The van der Waals surface area contributed by atoms with E-state index in [-0.39, 0.29) is 6.42 Å². The molecule has 6 atom stereocenters. The minimum Gasteiger partial charge on any atom is -0.479 e. The predicted molar refractivity (Wildman–Crippen MR) is 116 cm³/mol. The smallest absolute Gasteiger partial charge is 0.347 e. The van der Waals surface area contributed by atoms with Gasteiger partial charge >= 0.3 is 41.8 Å². The Balaban J connectivity index is 4.68. The van der Waals surface area contributed by atoms with Gasteiger partial charge in [0.25, 0.3) is 0 Å². The van der Waals surface area contributed by atoms with Crippen LogP contribution in [0.2, 0.25) is 0 Å². The highest BCUT2D eigenvalue weighted by molar-refractivity contribution is 5.87. The van der Waals surface area contributed by atoms with Crippen LogP contribution in [0.1, 0.15) is 61.3 Å². The lowest BCUT2D eigenvalue weighted by Gasteiger charge is -2.20. The Morgan fingerprint density at radius 2 is 0.750 bits per heavy atom. The van der Waals surface area contributed by atoms with Crippen molar-refractivity contribution in [2.45, 2.75) is 97.9 Å². The van der Waals surface area contributed by atoms with Crippen molar-refractivity contribution in [1.29, 1.82) is 0 Å². The molecule has 0 aliphatic rings. The zero-order valence-corrected chi connectivity index (χ0v) is 21.1. The van der Waals surface area contributed by atoms with E-state index in [1.54, 1.807) is 6.92 Å². The number of carbonyl (C=O) groups excluding carboxylic acids is 6. The van der Waals surface area contributed by atoms with Crippen LogP contribution in [0.3, 0.4) is 0 Å². The third kappa shape index (κ3) is 11.6. The second-order valence-corrected chi connectivity index (χ2v) is 7.62. The molecule has 0 spiro atoms. The molecule has 0 aliphatic carbocycles. The summed E-state index contributed by atoms with van der Waals surface area (Å²) >= 11 is 0. The average molecular weight is 520 g/mol. The Morgan fingerprint density at radius 1 is 0.500 bits per heavy atom. The number of rotatable bonds is 14. The zero-order valence-electron chi connectivity index (χ0n) is 21.1. The minimum atomic E-state index is -1.53. The minimum absolute atomic E-state index is 0.105. The summed E-state index contributed by atoms with van der Waals surface area (Å²) in [6.45, 7) is 8.68. The monoisotopic (exact) mass is 520 g/mol. The van der Waals surface area contributed by atoms with E-state index in [9.17, 15) is 33.6 Å². The van der Waals surface area contributed by atoms with Crippen LogP contribution in [0.5, 0.6) is 0 Å². The first kappa shape index (κ1) is 32.3. The molecule has 0 amide bonds. The largest absolute Gasteiger partial charge is 0.479 e. The summed E-state index contributed by atoms with van der Waals surface area (Å²) in [5.74, 6) is -7.55. The summed E-state index contributed by atoms with van der Waals surface area (Å²) in [4.78, 5) is 82.2. The van der Waals surface area contributed by atoms with Crippen LogP contribution in [0.4, 0.5) is 0 Å². The van der Waals surface area contributed by atoms with Crippen molar-refractivity contribution in [3.63, 3.8) is 0 Å². The molecule has 0 aliphatic heterocycles. The summed E-state index contributed by atoms with van der Waals surface area (Å²) in [5.41, 5.74) is 0. The molecule has 14 nitrogen and oxygen atoms in total. The quantitative estimate of drug-likeness (QED) is 0.245. The fraction of sp³-hybridized carbons (Fsp3) is 0.682. The van der Waals surface area contributed by atoms with Gasteiger partial charge in [0.05, 0.1) is 0 Å². The number of hydrogen-bond acceptors (Lipinski definition) is 13. The van der Waals surface area contributed by atoms with Crippen molar-refractivity contribution in [2.24, 2.45) is 0 Å². The van der Waals surface area contributed by atoms with Gasteiger partial charge in [-0.2, -0.15) is 0 Å². The van der Waals surface area contributed by atoms with E-state index >= 15 is 0 Å². The number of carboxylic acid groups (broad SMARTS) is 1. The van der Waals surface area contributed by atoms with E-state index in [0.717, 1.165) is 27.7 Å². The molecule has 0 heterocycles. The number of carboxylic acids is 1. The molecule has 0 fully saturated rings. The van der Waals surface area contributed by atoms with Crippen LogP contribution in [0.15, 0.2) is 0 Å². The lowest BCUT2D eigenvalue weighted by Crippen LogP contribution is -2.39. The van der Waals surface area contributed by atoms with Gasteiger partial charge in [-0.15, -0.1) is 0 Å². The van der Waals surface area contributed by atoms with Gasteiger partial charge in [-0.05, 0) is 48.0 Å². The second-order valence-electron chi connectivity index (χ2n) is 7.62. The van der Waals surface area contributed by atoms with E-state index in [1.165, 1.54) is 13.8 Å². The third-order valence-electron chi connectivity index (χ3n) is 4.23. The van der Waals surface area contributed by atoms with Crippen LogP contribution < -0.4 is 0 Å². The number of ether oxygens (including phenoxy) is 6. The fourth-order valence-electron chi connectivity index (χ4n) is 2.10. The van der Waals surface area contributed by atoms with Crippen molar-refractivity contribution in [3.05, 3.63) is 0 Å². The van der Waals surface area contributed by atoms with E-state index in [1.807, 2.05) is 0 Å². The Bertz CT molecular complexity index is 835. The maximum absolute atomic E-state index is 12.1. The maximum atomic E-state index is 12.1. The van der Waals surface area contributed by atoms with E-state index < -0.39 is 78.4 Å². The van der Waals surface area contributed by atoms with E-state index in [0.29, 0.717) is 6.42 Å². The van der Waals surface area contributed by atoms with Gasteiger partial charge in [0.1, 0.15) is 0 Å². The van der Waals surface area contributed by atoms with Gasteiger partial charge in [0, 0.05) is 6.42 Å². The predicted octanol–water partition coefficient (Wildman–Crippen LogP) is 0.461. The van der Waals surface area contributed by atoms with Gasteiger partial charge in [-0.1, -0.05) is 6.92 Å². The molecule has 0 saturated heterocycles. The summed E-state index contributed by atoms with van der Waals surface area (Å²) in [7, 11) is 0. The second kappa shape index (κ2) is 15.3. The molecule has 0 aromatic carbocycles. The summed E-state index contributed by atoms with van der Waals surface area (Å²) in [6, 6.07) is 0. The lowest BCUT2D eigenvalue weighted by molar-refractivity contribution is -0.187. The Morgan fingerprint density at radius 3 is 1.00 bits per heavy atom. The first-order valence-electron chi connectivity index (χ1n) is 11.0. The molecule has 0 radical (unpaired) electrons. The van der Waals surface area contributed by atoms with Gasteiger partial charge in [0.2, 0.25) is 0 Å². The summed E-state index contributed by atoms with van der Waals surface area (Å²) in [6.07, 6.45) is -8.10. The van der Waals surface area contributed by atoms with Crippen molar-refractivity contribution in [2.75, 3.05) is 0 Å². The lowest BCUT2D eigenvalue weighted by atomic mass is 10.3. The third-order valence-corrected chi connectivity index (χ3v) is 4.23. The molecule has 1 N–H and O–H groups in total. The summed E-state index contributed by atoms with van der Waals surface area (Å²) < 4.78 is 28.8. The molecule has 0 aromatic heterocycles. The van der Waals surface area contributed by atoms with Crippen molar-refractivity contribution < 1.29 is 67.1 Å². The van der Waals surface area contributed by atoms with Crippen LogP contribution in [0, 0.1) is 0 Å². The Kier molecular flexibility index (Phi) is 13.7. The first-order chi connectivity index (χ1) is 16.6. The highest BCUT2D eigenvalue weighted by atomic mass is 16.6. The Hall–Kier alpha value is -3.71. The maximum Gasteiger partial charge on any atom is 0.347 e. The van der Waals surface area contributed by atoms with Gasteiger partial charge in [-0.25, -0.2) is 28.8 Å². The molecule has 36 heavy (non-hydrogen) atoms. The number of hydrogen-bond donors (Lipinski definition) is 1. The molecular weight excluding hydrogens is 488 g/mol. The molecule has 14 heteroatoms. The fourth-order valence-corrected chi connectivity index (χ4v) is 2.10. The molecule has 0 bridgehead atoms. The van der Waals surface area contributed by atoms with Crippen LogP contribution in [0.25, 0.3) is 0 Å². The van der Waals surface area contributed by atoms with Crippen LogP contribution in [-0.2, 0) is 62.0 Å². The molecule has 0 aromatic rings. The normalized spacial score (nSPS) is 15.5. The van der Waals surface area contributed by atoms with Crippen molar-refractivity contribution in [3.8, 4) is 0 Å². The summed E-state index contributed by atoms with van der Waals surface area (Å²) in [5, 5.41) is 8.73.